The molecule has 0 N–H and O–H groups in total. The van der Waals surface area contributed by atoms with Crippen LogP contribution in [0.5, 0.6) is 0 Å². The van der Waals surface area contributed by atoms with E-state index in [1.165, 1.54) is 0 Å². The molecule has 0 saturated carbocycles. The highest BCUT2D eigenvalue weighted by molar-refractivity contribution is 7.91. The number of alkyl halides is 3. The van der Waals surface area contributed by atoms with Crippen LogP contribution in [0.3, 0.4) is 0 Å². The summed E-state index contributed by atoms with van der Waals surface area (Å²) in [6, 6.07) is 0. The van der Waals surface area contributed by atoms with Crippen LogP contribution in [0.4, 0.5) is 13.2 Å². The lowest BCUT2D eigenvalue weighted by Crippen LogP contribution is -2.20. The third-order valence-electron chi connectivity index (χ3n) is 0.420. The summed E-state index contributed by atoms with van der Waals surface area (Å²) in [6.45, 7) is 0. The number of sulfone groups is 1. The van der Waals surface area contributed by atoms with Gasteiger partial charge in [0.05, 0.1) is 0 Å². The van der Waals surface area contributed by atoms with Crippen molar-refractivity contribution in [1.29, 1.82) is 0 Å². The van der Waals surface area contributed by atoms with E-state index in [9.17, 15) is 21.6 Å². The van der Waals surface area contributed by atoms with Crippen LogP contribution in [-0.2, 0) is 9.84 Å². The van der Waals surface area contributed by atoms with Gasteiger partial charge in [0.1, 0.15) is 0 Å². The Balaban J connectivity index is 4.53. The van der Waals surface area contributed by atoms with E-state index in [1.54, 1.807) is 0 Å². The molecule has 0 fully saturated rings. The first-order valence-electron chi connectivity index (χ1n) is 1.51. The summed E-state index contributed by atoms with van der Waals surface area (Å²) in [4.78, 5) is 0. The first-order chi connectivity index (χ1) is 3.25. The Labute approximate surface area is 44.2 Å². The zero-order valence-corrected chi connectivity index (χ0v) is 4.68. The highest BCUT2D eigenvalue weighted by Gasteiger charge is 2.41. The van der Waals surface area contributed by atoms with Crippen molar-refractivity contribution in [1.82, 2.24) is 0 Å². The van der Waals surface area contributed by atoms with Crippen LogP contribution in [0.25, 0.3) is 0 Å². The zero-order valence-electron chi connectivity index (χ0n) is 3.86. The normalized spacial score (nSPS) is 14.0. The lowest BCUT2D eigenvalue weighted by Gasteiger charge is -1.99. The van der Waals surface area contributed by atoms with Crippen LogP contribution in [0, 0.1) is 0 Å². The molecule has 0 atom stereocenters. The highest BCUT2D eigenvalue weighted by atomic mass is 32.2. The van der Waals surface area contributed by atoms with Crippen molar-refractivity contribution >= 4 is 9.84 Å². The van der Waals surface area contributed by atoms with E-state index in [1.807, 2.05) is 0 Å². The molecular weight excluding hydrogens is 145 g/mol. The van der Waals surface area contributed by atoms with Crippen molar-refractivity contribution in [2.45, 2.75) is 5.51 Å². The van der Waals surface area contributed by atoms with E-state index >= 15 is 0 Å². The minimum absolute atomic E-state index is 0.118. The van der Waals surface area contributed by atoms with Gasteiger partial charge in [-0.05, 0) is 0 Å². The van der Waals surface area contributed by atoms with Crippen LogP contribution in [0.1, 0.15) is 0 Å². The fourth-order valence-corrected chi connectivity index (χ4v) is 0. The molecule has 0 rings (SSSR count). The van der Waals surface area contributed by atoms with Gasteiger partial charge in [-0.15, -0.1) is 0 Å². The van der Waals surface area contributed by atoms with Crippen molar-refractivity contribution < 1.29 is 21.6 Å². The van der Waals surface area contributed by atoms with Crippen molar-refractivity contribution in [2.75, 3.05) is 6.26 Å². The molecule has 0 aliphatic heterocycles. The van der Waals surface area contributed by atoms with Gasteiger partial charge in [-0.1, -0.05) is 0 Å². The summed E-state index contributed by atoms with van der Waals surface area (Å²) in [6.07, 6.45) is 0.118. The van der Waals surface area contributed by atoms with Crippen LogP contribution in [-0.4, -0.2) is 20.2 Å². The fraction of sp³-hybridized carbons (Fsp3) is 1.00. The molecule has 0 aromatic heterocycles. The van der Waals surface area contributed by atoms with Crippen molar-refractivity contribution in [3.8, 4) is 0 Å². The second-order valence-electron chi connectivity index (χ2n) is 1.22. The van der Waals surface area contributed by atoms with Gasteiger partial charge in [0, 0.05) is 6.26 Å². The topological polar surface area (TPSA) is 34.1 Å². The molecule has 0 aliphatic rings. The van der Waals surface area contributed by atoms with Gasteiger partial charge in [-0.2, -0.15) is 13.2 Å². The van der Waals surface area contributed by atoms with E-state index in [0.29, 0.717) is 0 Å². The molecule has 6 heteroatoms. The predicted molar refractivity (Wildman–Crippen MR) is 20.9 cm³/mol. The number of halogens is 3. The summed E-state index contributed by atoms with van der Waals surface area (Å²) in [5.41, 5.74) is -5.09. The van der Waals surface area contributed by atoms with E-state index in [2.05, 4.69) is 0 Å². The van der Waals surface area contributed by atoms with E-state index in [0.717, 1.165) is 0 Å². The van der Waals surface area contributed by atoms with Crippen LogP contribution >= 0.6 is 0 Å². The Bertz CT molecular complexity index is 164. The lowest BCUT2D eigenvalue weighted by molar-refractivity contribution is -0.0429. The SMILES string of the molecule is CS(=O)(=O)C(F)(F)F. The first-order valence-corrected chi connectivity index (χ1v) is 3.40. The molecule has 2 nitrogen and oxygen atoms in total. The fourth-order valence-electron chi connectivity index (χ4n) is 0. The molecule has 0 bridgehead atoms. The molecule has 0 heterocycles. The summed E-state index contributed by atoms with van der Waals surface area (Å²) in [5, 5.41) is 0. The third kappa shape index (κ3) is 1.69. The minimum atomic E-state index is -5.09. The van der Waals surface area contributed by atoms with Gasteiger partial charge in [0.15, 0.2) is 0 Å². The molecule has 0 unspecified atom stereocenters. The second-order valence-corrected chi connectivity index (χ2v) is 3.23. The Hall–Kier alpha value is -0.260. The zero-order chi connectivity index (χ0) is 7.00. The van der Waals surface area contributed by atoms with Gasteiger partial charge in [-0.25, -0.2) is 8.42 Å². The maximum Gasteiger partial charge on any atom is 0.497 e. The Morgan fingerprint density at radius 3 is 1.38 bits per heavy atom. The number of hydrogen-bond donors (Lipinski definition) is 0. The van der Waals surface area contributed by atoms with Gasteiger partial charge < -0.3 is 0 Å². The predicted octanol–water partition coefficient (Wildman–Crippen LogP) is 0.551. The summed E-state index contributed by atoms with van der Waals surface area (Å²) in [5.74, 6) is 0. The summed E-state index contributed by atoms with van der Waals surface area (Å²) in [7, 11) is -4.84. The molecular formula is C2H3F3O2S. The van der Waals surface area contributed by atoms with Gasteiger partial charge in [0.25, 0.3) is 0 Å². The Kier molecular flexibility index (Phi) is 1.56. The van der Waals surface area contributed by atoms with E-state index in [-0.39, 0.29) is 6.26 Å². The largest absolute Gasteiger partial charge is 0.497 e. The average Bonchev–Trinajstić information content (AvgIpc) is 1.25. The molecule has 0 aromatic carbocycles. The molecule has 0 aliphatic carbocycles. The average molecular weight is 148 g/mol. The molecule has 0 spiro atoms. The van der Waals surface area contributed by atoms with Crippen molar-refractivity contribution in [3.05, 3.63) is 0 Å². The van der Waals surface area contributed by atoms with Gasteiger partial charge in [0.2, 0.25) is 9.84 Å². The number of hydrogen-bond acceptors (Lipinski definition) is 2. The Morgan fingerprint density at radius 1 is 1.25 bits per heavy atom. The number of rotatable bonds is 0. The smallest absolute Gasteiger partial charge is 0.220 e. The molecule has 0 saturated heterocycles. The maximum atomic E-state index is 11.0. The van der Waals surface area contributed by atoms with Gasteiger partial charge in [-0.3, -0.25) is 0 Å². The van der Waals surface area contributed by atoms with Crippen LogP contribution < -0.4 is 0 Å². The first kappa shape index (κ1) is 7.74. The van der Waals surface area contributed by atoms with Crippen LogP contribution in [0.2, 0.25) is 0 Å². The summed E-state index contributed by atoms with van der Waals surface area (Å²) >= 11 is 0. The van der Waals surface area contributed by atoms with E-state index < -0.39 is 15.3 Å². The van der Waals surface area contributed by atoms with Crippen molar-refractivity contribution in [3.63, 3.8) is 0 Å². The van der Waals surface area contributed by atoms with Crippen LogP contribution in [0.15, 0.2) is 0 Å². The molecule has 0 radical (unpaired) electrons. The quantitative estimate of drug-likeness (QED) is 0.502. The molecule has 50 valence electrons. The second kappa shape index (κ2) is 1.61. The Morgan fingerprint density at radius 2 is 1.38 bits per heavy atom. The van der Waals surface area contributed by atoms with Crippen molar-refractivity contribution in [2.24, 2.45) is 0 Å². The maximum absolute atomic E-state index is 11.0. The standard InChI is InChI=1S/C2H3F3O2S/c1-8(6,7)2(3,4)5/h1H3. The third-order valence-corrected chi connectivity index (χ3v) is 1.26. The molecule has 0 amide bonds. The minimum Gasteiger partial charge on any atom is -0.220 e. The van der Waals surface area contributed by atoms with E-state index in [4.69, 9.17) is 0 Å². The molecule has 0 aromatic rings. The lowest BCUT2D eigenvalue weighted by atomic mass is 11.6. The monoisotopic (exact) mass is 148 g/mol. The van der Waals surface area contributed by atoms with Gasteiger partial charge >= 0.3 is 5.51 Å². The highest BCUT2D eigenvalue weighted by Crippen LogP contribution is 2.20. The summed E-state index contributed by atoms with van der Waals surface area (Å²) < 4.78 is 52.0. The molecule has 8 heavy (non-hydrogen) atoms.